The Labute approximate surface area is 222 Å². The number of carboxylic acid groups (broad SMARTS) is 1. The van der Waals surface area contributed by atoms with E-state index in [4.69, 9.17) is 10.5 Å². The molecule has 0 fully saturated rings. The molecule has 2 N–H and O–H groups in total. The van der Waals surface area contributed by atoms with Gasteiger partial charge in [0.15, 0.2) is 0 Å². The van der Waals surface area contributed by atoms with Crippen LogP contribution in [0.2, 0.25) is 0 Å². The molecule has 0 unspecified atom stereocenters. The Hall–Kier alpha value is -2.45. The molecule has 3 aromatic rings. The minimum Gasteiger partial charge on any atom is -0.691 e. The Kier molecular flexibility index (Phi) is 15.1. The van der Waals surface area contributed by atoms with Crippen molar-refractivity contribution in [1.82, 2.24) is 5.01 Å². The maximum Gasteiger partial charge on any atom is 1.00 e. The van der Waals surface area contributed by atoms with Gasteiger partial charge < -0.3 is 25.6 Å². The summed E-state index contributed by atoms with van der Waals surface area (Å²) in [7, 11) is 3.02. The number of methoxy groups -OCH3 is 1. The number of carboxylic acids is 1. The minimum absolute atomic E-state index is 0. The molecule has 0 saturated carbocycles. The fourth-order valence-corrected chi connectivity index (χ4v) is 2.85. The molecule has 178 valence electrons. The van der Waals surface area contributed by atoms with E-state index in [0.29, 0.717) is 17.1 Å². The SMILES string of the molecule is C.CN(CC(=O)[O-])N=Nc1ccc(F)cc1.COc1ccc2cc(SOO[O-])ccc2c1N.[Na+]. The number of hydrogen-bond donors (Lipinski definition) is 1. The smallest absolute Gasteiger partial charge is 0.691 e. The summed E-state index contributed by atoms with van der Waals surface area (Å²) >= 11 is 0.844. The van der Waals surface area contributed by atoms with E-state index in [-0.39, 0.29) is 49.3 Å². The van der Waals surface area contributed by atoms with E-state index in [1.165, 1.54) is 31.3 Å². The van der Waals surface area contributed by atoms with Crippen LogP contribution in [0.4, 0.5) is 15.8 Å². The first-order valence-corrected chi connectivity index (χ1v) is 9.65. The van der Waals surface area contributed by atoms with Crippen molar-refractivity contribution in [3.63, 3.8) is 0 Å². The van der Waals surface area contributed by atoms with Crippen molar-refractivity contribution >= 4 is 40.2 Å². The summed E-state index contributed by atoms with van der Waals surface area (Å²) in [6.07, 6.45) is 0. The van der Waals surface area contributed by atoms with E-state index in [9.17, 15) is 19.5 Å². The third kappa shape index (κ3) is 10.2. The maximum absolute atomic E-state index is 12.5. The predicted molar refractivity (Wildman–Crippen MR) is 118 cm³/mol. The summed E-state index contributed by atoms with van der Waals surface area (Å²) in [6.45, 7) is -0.343. The maximum atomic E-state index is 12.5. The van der Waals surface area contributed by atoms with Crippen molar-refractivity contribution in [1.29, 1.82) is 0 Å². The Bertz CT molecular complexity index is 1080. The van der Waals surface area contributed by atoms with Crippen LogP contribution in [0.5, 0.6) is 5.75 Å². The number of rotatable bonds is 8. The number of fused-ring (bicyclic) bond motifs is 1. The largest absolute Gasteiger partial charge is 1.00 e. The number of hydrogen-bond acceptors (Lipinski definition) is 10. The quantitative estimate of drug-likeness (QED) is 0.111. The first-order chi connectivity index (χ1) is 15.3. The van der Waals surface area contributed by atoms with Crippen molar-refractivity contribution in [2.75, 3.05) is 26.4 Å². The first-order valence-electron chi connectivity index (χ1n) is 8.91. The number of benzene rings is 3. The fourth-order valence-electron chi connectivity index (χ4n) is 2.45. The summed E-state index contributed by atoms with van der Waals surface area (Å²) < 4.78 is 21.9. The topological polar surface area (TPSA) is 145 Å². The van der Waals surface area contributed by atoms with Gasteiger partial charge in [-0.05, 0) is 47.9 Å². The number of likely N-dealkylation sites (N-methyl/N-ethyl adjacent to an activating group) is 1. The van der Waals surface area contributed by atoms with Gasteiger partial charge in [-0.3, -0.25) is 10.0 Å². The molecule has 0 saturated heterocycles. The van der Waals surface area contributed by atoms with Gasteiger partial charge in [-0.15, -0.1) is 5.11 Å². The molecule has 3 rings (SSSR count). The van der Waals surface area contributed by atoms with Crippen molar-refractivity contribution in [3.05, 3.63) is 60.4 Å². The van der Waals surface area contributed by atoms with Crippen molar-refractivity contribution in [2.45, 2.75) is 12.3 Å². The average Bonchev–Trinajstić information content (AvgIpc) is 2.77. The summed E-state index contributed by atoms with van der Waals surface area (Å²) in [4.78, 5) is 10.9. The van der Waals surface area contributed by atoms with Gasteiger partial charge in [0.25, 0.3) is 0 Å². The van der Waals surface area contributed by atoms with E-state index in [1.807, 2.05) is 18.2 Å². The second-order valence-corrected chi connectivity index (χ2v) is 6.91. The number of halogens is 1. The molecule has 0 atom stereocenters. The van der Waals surface area contributed by atoms with Crippen LogP contribution in [-0.4, -0.2) is 31.7 Å². The molecule has 0 amide bonds. The summed E-state index contributed by atoms with van der Waals surface area (Å²) in [5, 5.41) is 33.4. The Morgan fingerprint density at radius 2 is 1.85 bits per heavy atom. The standard InChI is InChI=1S/C11H11NO4S.C9H10FN3O2.CH4.Na/c1-14-10-5-2-7-6-8(17-16-15-13)3-4-9(7)11(10)12;1-13(6-9(14)15)12-11-8-4-2-7(10)3-5-8;;/h2-6,13H,12H2,1H3;2-5H,6H2,1H3,(H,14,15);1H4;/q;;;+1/p-2. The average molecular weight is 501 g/mol. The van der Waals surface area contributed by atoms with Gasteiger partial charge in [-0.1, -0.05) is 24.8 Å². The van der Waals surface area contributed by atoms with E-state index in [0.717, 1.165) is 32.7 Å². The molecule has 13 heteroatoms. The zero-order valence-electron chi connectivity index (χ0n) is 18.1. The van der Waals surface area contributed by atoms with Gasteiger partial charge in [0.2, 0.25) is 0 Å². The number of anilines is 1. The molecule has 3 aromatic carbocycles. The Morgan fingerprint density at radius 1 is 1.18 bits per heavy atom. The Morgan fingerprint density at radius 3 is 2.44 bits per heavy atom. The van der Waals surface area contributed by atoms with Crippen LogP contribution in [0, 0.1) is 5.82 Å². The van der Waals surface area contributed by atoms with Crippen LogP contribution in [-0.2, 0) is 14.2 Å². The van der Waals surface area contributed by atoms with Crippen molar-refractivity contribution < 1.29 is 63.2 Å². The van der Waals surface area contributed by atoms with Gasteiger partial charge in [-0.25, -0.2) is 4.39 Å². The van der Waals surface area contributed by atoms with Crippen molar-refractivity contribution in [2.24, 2.45) is 10.3 Å². The summed E-state index contributed by atoms with van der Waals surface area (Å²) in [6, 6.07) is 14.5. The molecule has 0 radical (unpaired) electrons. The second kappa shape index (κ2) is 16.2. The van der Waals surface area contributed by atoms with Crippen LogP contribution < -0.4 is 50.4 Å². The van der Waals surface area contributed by atoms with Crippen molar-refractivity contribution in [3.8, 4) is 5.75 Å². The van der Waals surface area contributed by atoms with Gasteiger partial charge in [-0.2, -0.15) is 4.33 Å². The number of carbonyl (C=O) groups excluding carboxylic acids is 1. The normalized spacial score (nSPS) is 10.0. The Balaban J connectivity index is 0.000000610. The van der Waals surface area contributed by atoms with Crippen LogP contribution in [0.25, 0.3) is 10.8 Å². The zero-order valence-corrected chi connectivity index (χ0v) is 20.9. The van der Waals surface area contributed by atoms with E-state index < -0.39 is 5.97 Å². The molecule has 0 heterocycles. The van der Waals surface area contributed by atoms with Crippen LogP contribution in [0.15, 0.2) is 69.8 Å². The molecule has 0 aromatic heterocycles. The van der Waals surface area contributed by atoms with E-state index >= 15 is 0 Å². The minimum atomic E-state index is -1.24. The van der Waals surface area contributed by atoms with E-state index in [2.05, 4.69) is 19.7 Å². The number of nitrogen functional groups attached to an aromatic ring is 1. The third-order valence-electron chi connectivity index (χ3n) is 3.87. The molecule has 0 aliphatic rings. The molecule has 0 aliphatic heterocycles. The summed E-state index contributed by atoms with van der Waals surface area (Å²) in [5.41, 5.74) is 6.97. The number of aliphatic carboxylic acids is 1. The molecule has 0 aliphatic carbocycles. The molecular formula is C21H23FN4NaO6S-. The third-order valence-corrected chi connectivity index (χ3v) is 4.44. The van der Waals surface area contributed by atoms with Crippen LogP contribution >= 0.6 is 12.0 Å². The second-order valence-electron chi connectivity index (χ2n) is 6.14. The monoisotopic (exact) mass is 501 g/mol. The first kappa shape index (κ1) is 31.6. The van der Waals surface area contributed by atoms with Gasteiger partial charge in [0.1, 0.15) is 11.6 Å². The molecule has 10 nitrogen and oxygen atoms in total. The van der Waals surface area contributed by atoms with E-state index in [1.54, 1.807) is 19.2 Å². The van der Waals surface area contributed by atoms with Crippen LogP contribution in [0.3, 0.4) is 0 Å². The molecular weight excluding hydrogens is 478 g/mol. The van der Waals surface area contributed by atoms with Gasteiger partial charge in [0.05, 0.1) is 43.0 Å². The number of nitrogens with zero attached hydrogens (tertiary/aromatic N) is 3. The fraction of sp³-hybridized carbons (Fsp3) is 0.190. The number of carbonyl (C=O) groups is 1. The number of nitrogens with two attached hydrogens (primary N) is 1. The van der Waals surface area contributed by atoms with Crippen LogP contribution in [0.1, 0.15) is 7.43 Å². The molecule has 0 spiro atoms. The summed E-state index contributed by atoms with van der Waals surface area (Å²) in [5.74, 6) is -0.968. The van der Waals surface area contributed by atoms with Gasteiger partial charge >= 0.3 is 29.6 Å². The molecule has 34 heavy (non-hydrogen) atoms. The predicted octanol–water partition coefficient (Wildman–Crippen LogP) is -0.193. The van der Waals surface area contributed by atoms with Gasteiger partial charge in [0, 0.05) is 17.3 Å². The molecule has 0 bridgehead atoms. The zero-order chi connectivity index (χ0) is 23.5. The number of ether oxygens (including phenoxy) is 1.